The van der Waals surface area contributed by atoms with Crippen LogP contribution in [0.15, 0.2) is 39.6 Å². The van der Waals surface area contributed by atoms with E-state index in [0.29, 0.717) is 22.4 Å². The van der Waals surface area contributed by atoms with Crippen molar-refractivity contribution in [1.29, 1.82) is 0 Å². The second-order valence-corrected chi connectivity index (χ2v) is 14.4. The number of allylic oxidation sites excluding steroid dienone is 2. The van der Waals surface area contributed by atoms with E-state index in [1.54, 1.807) is 6.20 Å². The monoisotopic (exact) mass is 653 g/mol. The Labute approximate surface area is 247 Å². The van der Waals surface area contributed by atoms with Crippen LogP contribution in [0.3, 0.4) is 0 Å². The predicted molar refractivity (Wildman–Crippen MR) is 161 cm³/mol. The van der Waals surface area contributed by atoms with Crippen LogP contribution in [0.4, 0.5) is 11.6 Å². The van der Waals surface area contributed by atoms with Crippen molar-refractivity contribution in [3.63, 3.8) is 0 Å². The quantitative estimate of drug-likeness (QED) is 0.370. The number of alkyl halides is 1. The molecule has 0 aliphatic carbocycles. The molecule has 3 aliphatic heterocycles. The molecule has 40 heavy (non-hydrogen) atoms. The van der Waals surface area contributed by atoms with E-state index in [-0.39, 0.29) is 33.3 Å². The Balaban J connectivity index is 1.45. The summed E-state index contributed by atoms with van der Waals surface area (Å²) in [7, 11) is 1.94. The number of halogens is 1. The molecule has 1 saturated heterocycles. The van der Waals surface area contributed by atoms with Crippen LogP contribution in [0.2, 0.25) is 0 Å². The molecule has 0 bridgehead atoms. The Hall–Kier alpha value is -3.13. The zero-order chi connectivity index (χ0) is 28.2. The van der Waals surface area contributed by atoms with Gasteiger partial charge >= 0.3 is 216 Å². The SMILES string of the molecule is C#[N+]/C=c1/cc(C2=CC(Nc3ccn(C)n3)C(C)[I-]C=C2)nc(N2CCC(C3=N[C@@H](C(C)C)CO3)CC2)/c1=C/C. The summed E-state index contributed by atoms with van der Waals surface area (Å²) < 4.78 is 10.7. The maximum absolute atomic E-state index is 6.03. The van der Waals surface area contributed by atoms with Crippen molar-refractivity contribution in [2.75, 3.05) is 29.9 Å². The molecule has 3 aliphatic rings. The Kier molecular flexibility index (Phi) is 8.94. The first-order valence-corrected chi connectivity index (χ1v) is 16.6. The molecule has 2 aromatic heterocycles. The molecule has 9 heteroatoms. The molecule has 0 amide bonds. The summed E-state index contributed by atoms with van der Waals surface area (Å²) in [5, 5.41) is 10.2. The van der Waals surface area contributed by atoms with Gasteiger partial charge in [-0.2, -0.15) is 0 Å². The van der Waals surface area contributed by atoms with Crippen LogP contribution in [0.5, 0.6) is 0 Å². The van der Waals surface area contributed by atoms with E-state index in [1.807, 2.05) is 24.0 Å². The molecule has 2 unspecified atom stereocenters. The van der Waals surface area contributed by atoms with Crippen LogP contribution >= 0.6 is 0 Å². The van der Waals surface area contributed by atoms with Crippen molar-refractivity contribution in [3.05, 3.63) is 55.5 Å². The average Bonchev–Trinajstić information content (AvgIpc) is 3.57. The van der Waals surface area contributed by atoms with E-state index in [9.17, 15) is 0 Å². The van der Waals surface area contributed by atoms with Crippen molar-refractivity contribution in [2.45, 2.75) is 56.5 Å². The zero-order valence-electron chi connectivity index (χ0n) is 24.1. The topological polar surface area (TPSA) is 71.9 Å². The molecule has 3 atom stereocenters. The van der Waals surface area contributed by atoms with Crippen molar-refractivity contribution in [3.8, 4) is 6.57 Å². The van der Waals surface area contributed by atoms with Crippen molar-refractivity contribution >= 4 is 35.4 Å². The number of anilines is 2. The number of hydrogen-bond acceptors (Lipinski definition) is 6. The van der Waals surface area contributed by atoms with E-state index in [0.717, 1.165) is 65.2 Å². The molecule has 8 nitrogen and oxygen atoms in total. The number of nitrogens with one attached hydrogen (secondary N) is 1. The van der Waals surface area contributed by atoms with Crippen LogP contribution in [-0.2, 0) is 11.8 Å². The van der Waals surface area contributed by atoms with E-state index >= 15 is 0 Å². The number of aromatic nitrogens is 3. The molecule has 0 saturated carbocycles. The number of hydrogen-bond donors (Lipinski definition) is 1. The summed E-state index contributed by atoms with van der Waals surface area (Å²) in [4.78, 5) is 16.5. The minimum absolute atomic E-state index is 0.133. The Bertz CT molecular complexity index is 1470. The number of nitrogens with zero attached hydrogens (tertiary/aromatic N) is 6. The molecular formula is C31H40IN7O. The van der Waals surface area contributed by atoms with Gasteiger partial charge in [-0.3, -0.25) is 0 Å². The molecule has 1 N–H and O–H groups in total. The first-order valence-electron chi connectivity index (χ1n) is 14.2. The number of piperidine rings is 1. The number of aryl methyl sites for hydroxylation is 1. The molecule has 5 rings (SSSR count). The van der Waals surface area contributed by atoms with Crippen LogP contribution in [0.1, 0.15) is 46.2 Å². The molecular weight excluding hydrogens is 613 g/mol. The van der Waals surface area contributed by atoms with Gasteiger partial charge in [-0.1, -0.05) is 13.8 Å². The summed E-state index contributed by atoms with van der Waals surface area (Å²) in [6.45, 7) is 17.0. The van der Waals surface area contributed by atoms with Crippen LogP contribution in [-0.4, -0.2) is 56.4 Å². The van der Waals surface area contributed by atoms with Gasteiger partial charge in [0.1, 0.15) is 6.61 Å². The molecule has 212 valence electrons. The van der Waals surface area contributed by atoms with Crippen molar-refractivity contribution in [1.82, 2.24) is 14.8 Å². The Morgan fingerprint density at radius 1 is 1.27 bits per heavy atom. The molecule has 0 radical (unpaired) electrons. The van der Waals surface area contributed by atoms with Gasteiger partial charge in [0.15, 0.2) is 0 Å². The number of pyridine rings is 1. The zero-order valence-corrected chi connectivity index (χ0v) is 26.2. The van der Waals surface area contributed by atoms with Gasteiger partial charge in [0.2, 0.25) is 0 Å². The van der Waals surface area contributed by atoms with E-state index < -0.39 is 0 Å². The first kappa shape index (κ1) is 28.4. The molecule has 0 spiro atoms. The molecule has 2 aromatic rings. The third kappa shape index (κ3) is 6.27. The summed E-state index contributed by atoms with van der Waals surface area (Å²) in [6, 6.07) is 4.58. The minimum atomic E-state index is -0.133. The predicted octanol–water partition coefficient (Wildman–Crippen LogP) is 0.855. The number of ether oxygens (including phenoxy) is 1. The fourth-order valence-electron chi connectivity index (χ4n) is 5.41. The van der Waals surface area contributed by atoms with Gasteiger partial charge in [0.25, 0.3) is 0 Å². The standard InChI is InChI=1S/C31H40IN7O/c1-7-25-24(18-33-5)17-27(23-8-12-32-21(4)26(16-23)34-29-11-13-38(6)37-29)35-30(25)39-14-9-22(10-15-39)31-36-28(19-40-31)20(2)3/h5,7-8,11-13,16-18,20-22,26,28H,9-10,14-15,19H2,1-4,6H3,(H,34,37)/b24-18-,25-7+/t21?,26?,28-/m1/s1. The van der Waals surface area contributed by atoms with Crippen molar-refractivity contribution < 1.29 is 25.9 Å². The molecule has 5 heterocycles. The maximum atomic E-state index is 6.03. The summed E-state index contributed by atoms with van der Waals surface area (Å²) in [5.41, 5.74) is 2.04. The first-order chi connectivity index (χ1) is 19.4. The Morgan fingerprint density at radius 3 is 2.73 bits per heavy atom. The average molecular weight is 654 g/mol. The van der Waals surface area contributed by atoms with Crippen LogP contribution in [0, 0.1) is 18.4 Å². The second-order valence-electron chi connectivity index (χ2n) is 11.0. The van der Waals surface area contributed by atoms with E-state index in [4.69, 9.17) is 21.3 Å². The molecule has 1 fully saturated rings. The van der Waals surface area contributed by atoms with Crippen LogP contribution < -0.4 is 41.9 Å². The third-order valence-electron chi connectivity index (χ3n) is 7.87. The number of aliphatic imine (C=N–C) groups is 1. The van der Waals surface area contributed by atoms with E-state index in [2.05, 4.69) is 76.2 Å². The van der Waals surface area contributed by atoms with Gasteiger partial charge < -0.3 is 0 Å². The van der Waals surface area contributed by atoms with Gasteiger partial charge in [-0.25, -0.2) is 0 Å². The second kappa shape index (κ2) is 12.6. The van der Waals surface area contributed by atoms with Gasteiger partial charge in [-0.15, -0.1) is 0 Å². The molecule has 0 aromatic carbocycles. The van der Waals surface area contributed by atoms with Gasteiger partial charge in [-0.05, 0) is 5.92 Å². The van der Waals surface area contributed by atoms with Crippen LogP contribution in [0.25, 0.3) is 22.7 Å². The van der Waals surface area contributed by atoms with E-state index in [1.165, 1.54) is 0 Å². The van der Waals surface area contributed by atoms with Gasteiger partial charge in [0, 0.05) is 0 Å². The summed E-state index contributed by atoms with van der Waals surface area (Å²) >= 11 is -0.133. The summed E-state index contributed by atoms with van der Waals surface area (Å²) in [6.07, 6.45) is 12.4. The fourth-order valence-corrected chi connectivity index (χ4v) is 7.50. The fraction of sp³-hybridized carbons (Fsp3) is 0.484. The van der Waals surface area contributed by atoms with Crippen molar-refractivity contribution in [2.24, 2.45) is 23.9 Å². The third-order valence-corrected chi connectivity index (χ3v) is 10.6. The summed E-state index contributed by atoms with van der Waals surface area (Å²) in [5.74, 6) is 3.71. The number of rotatable bonds is 6. The normalized spacial score (nSPS) is 24.7. The van der Waals surface area contributed by atoms with Gasteiger partial charge in [0.05, 0.1) is 6.04 Å². The Morgan fingerprint density at radius 2 is 2.08 bits per heavy atom.